The van der Waals surface area contributed by atoms with Crippen molar-refractivity contribution in [2.75, 3.05) is 26.6 Å². The summed E-state index contributed by atoms with van der Waals surface area (Å²) in [6.07, 6.45) is 0.471. The highest BCUT2D eigenvalue weighted by Gasteiger charge is 2.12. The fourth-order valence-electron chi connectivity index (χ4n) is 3.14. The molecular weight excluding hydrogens is 372 g/mol. The van der Waals surface area contributed by atoms with Crippen molar-refractivity contribution >= 4 is 22.5 Å². The van der Waals surface area contributed by atoms with E-state index in [-0.39, 0.29) is 17.9 Å². The Morgan fingerprint density at radius 1 is 0.966 bits per heavy atom. The fourth-order valence-corrected chi connectivity index (χ4v) is 3.14. The van der Waals surface area contributed by atoms with Crippen LogP contribution in [0.3, 0.4) is 0 Å². The number of aromatic amines is 1. The van der Waals surface area contributed by atoms with E-state index in [2.05, 4.69) is 10.3 Å². The number of rotatable bonds is 7. The van der Waals surface area contributed by atoms with E-state index >= 15 is 0 Å². The van der Waals surface area contributed by atoms with Gasteiger partial charge < -0.3 is 24.5 Å². The van der Waals surface area contributed by atoms with Crippen LogP contribution in [0.4, 0.5) is 5.69 Å². The number of hydrogen-bond donors (Lipinski definition) is 2. The van der Waals surface area contributed by atoms with Gasteiger partial charge in [0.1, 0.15) is 5.75 Å². The lowest BCUT2D eigenvalue weighted by molar-refractivity contribution is -0.116. The van der Waals surface area contributed by atoms with Gasteiger partial charge in [0.2, 0.25) is 5.91 Å². The van der Waals surface area contributed by atoms with E-state index in [1.807, 2.05) is 19.1 Å². The number of anilines is 1. The van der Waals surface area contributed by atoms with Gasteiger partial charge in [0.05, 0.1) is 32.5 Å². The Morgan fingerprint density at radius 3 is 2.34 bits per heavy atom. The van der Waals surface area contributed by atoms with Gasteiger partial charge in [-0.2, -0.15) is 0 Å². The number of ether oxygens (including phenoxy) is 3. The summed E-state index contributed by atoms with van der Waals surface area (Å²) in [6, 6.07) is 10.9. The van der Waals surface area contributed by atoms with E-state index in [0.29, 0.717) is 40.4 Å². The van der Waals surface area contributed by atoms with E-state index in [1.54, 1.807) is 38.5 Å². The third-order valence-corrected chi connectivity index (χ3v) is 4.68. The minimum Gasteiger partial charge on any atom is -0.495 e. The maximum absolute atomic E-state index is 12.4. The van der Waals surface area contributed by atoms with Gasteiger partial charge >= 0.3 is 0 Å². The molecule has 0 aliphatic rings. The zero-order valence-corrected chi connectivity index (χ0v) is 16.9. The minimum absolute atomic E-state index is 0.166. The lowest BCUT2D eigenvalue weighted by atomic mass is 10.1. The molecule has 2 aromatic carbocycles. The minimum atomic E-state index is -0.231. The number of fused-ring (bicyclic) bond motifs is 1. The maximum atomic E-state index is 12.4. The predicted molar refractivity (Wildman–Crippen MR) is 112 cm³/mol. The van der Waals surface area contributed by atoms with Gasteiger partial charge in [0, 0.05) is 23.4 Å². The van der Waals surface area contributed by atoms with Crippen LogP contribution in [0.25, 0.3) is 10.9 Å². The monoisotopic (exact) mass is 396 g/mol. The number of aryl methyl sites for hydroxylation is 2. The summed E-state index contributed by atoms with van der Waals surface area (Å²) < 4.78 is 15.9. The van der Waals surface area contributed by atoms with Gasteiger partial charge in [-0.25, -0.2) is 0 Å². The first-order chi connectivity index (χ1) is 13.9. The quantitative estimate of drug-likeness (QED) is 0.639. The molecule has 1 heterocycles. The van der Waals surface area contributed by atoms with Crippen molar-refractivity contribution in [3.05, 3.63) is 57.9 Å². The number of benzene rings is 2. The van der Waals surface area contributed by atoms with Gasteiger partial charge in [-0.15, -0.1) is 0 Å². The molecule has 3 rings (SSSR count). The van der Waals surface area contributed by atoms with Crippen molar-refractivity contribution in [2.24, 2.45) is 0 Å². The lowest BCUT2D eigenvalue weighted by Crippen LogP contribution is -2.17. The van der Waals surface area contributed by atoms with Crippen LogP contribution in [0.2, 0.25) is 0 Å². The van der Waals surface area contributed by atoms with E-state index in [1.165, 1.54) is 7.11 Å². The van der Waals surface area contributed by atoms with E-state index in [4.69, 9.17) is 14.2 Å². The summed E-state index contributed by atoms with van der Waals surface area (Å²) in [7, 11) is 4.65. The molecule has 0 aliphatic carbocycles. The van der Waals surface area contributed by atoms with E-state index in [9.17, 15) is 9.59 Å². The van der Waals surface area contributed by atoms with Gasteiger partial charge in [0.25, 0.3) is 5.56 Å². The Bertz CT molecular complexity index is 1100. The van der Waals surface area contributed by atoms with Crippen LogP contribution in [0.1, 0.15) is 17.5 Å². The Hall–Kier alpha value is -3.48. The molecule has 0 aliphatic heterocycles. The van der Waals surface area contributed by atoms with Crippen molar-refractivity contribution in [1.82, 2.24) is 4.98 Å². The molecule has 0 bridgehead atoms. The molecule has 0 radical (unpaired) electrons. The molecule has 0 atom stereocenters. The molecule has 7 heteroatoms. The summed E-state index contributed by atoms with van der Waals surface area (Å²) in [6.45, 7) is 1.94. The molecule has 7 nitrogen and oxygen atoms in total. The number of aromatic nitrogens is 1. The highest BCUT2D eigenvalue weighted by Crippen LogP contribution is 2.31. The van der Waals surface area contributed by atoms with E-state index in [0.717, 1.165) is 10.9 Å². The Balaban J connectivity index is 1.78. The first kappa shape index (κ1) is 20.3. The lowest BCUT2D eigenvalue weighted by Gasteiger charge is -2.11. The topological polar surface area (TPSA) is 89.7 Å². The normalized spacial score (nSPS) is 10.6. The number of H-pyrrole nitrogens is 1. The number of pyridine rings is 1. The van der Waals surface area contributed by atoms with Crippen molar-refractivity contribution in [3.63, 3.8) is 0 Å². The van der Waals surface area contributed by atoms with Crippen molar-refractivity contribution in [1.29, 1.82) is 0 Å². The van der Waals surface area contributed by atoms with E-state index < -0.39 is 0 Å². The van der Waals surface area contributed by atoms with Crippen molar-refractivity contribution in [3.8, 4) is 17.2 Å². The molecular formula is C22H24N2O5. The summed E-state index contributed by atoms with van der Waals surface area (Å²) in [5.74, 6) is 1.51. The van der Waals surface area contributed by atoms with Crippen LogP contribution in [-0.2, 0) is 11.2 Å². The average molecular weight is 396 g/mol. The third-order valence-electron chi connectivity index (χ3n) is 4.68. The summed E-state index contributed by atoms with van der Waals surface area (Å²) >= 11 is 0. The number of carbonyl (C=O) groups excluding carboxylic acids is 1. The molecule has 0 saturated carbocycles. The fraction of sp³-hybridized carbons (Fsp3) is 0.273. The van der Waals surface area contributed by atoms with Crippen LogP contribution in [0.15, 0.2) is 41.2 Å². The van der Waals surface area contributed by atoms with Crippen LogP contribution < -0.4 is 25.1 Å². The maximum Gasteiger partial charge on any atom is 0.251 e. The standard InChI is InChI=1S/C22H24N2O5/c1-13-5-7-18(27-2)17(9-13)23-21(25)8-6-14-10-15-11-19(28-3)20(29-4)12-16(15)24-22(14)26/h5,7,9-12H,6,8H2,1-4H3,(H,23,25)(H,24,26). The molecule has 1 aromatic heterocycles. The molecule has 0 saturated heterocycles. The zero-order chi connectivity index (χ0) is 21.0. The summed E-state index contributed by atoms with van der Waals surface area (Å²) in [4.78, 5) is 27.7. The first-order valence-electron chi connectivity index (χ1n) is 9.17. The number of nitrogens with one attached hydrogen (secondary N) is 2. The van der Waals surface area contributed by atoms with Crippen LogP contribution in [0.5, 0.6) is 17.2 Å². The summed E-state index contributed by atoms with van der Waals surface area (Å²) in [5, 5.41) is 3.65. The first-order valence-corrected chi connectivity index (χ1v) is 9.17. The molecule has 0 fully saturated rings. The van der Waals surface area contributed by atoms with Gasteiger partial charge in [-0.05, 0) is 43.2 Å². The SMILES string of the molecule is COc1ccc(C)cc1NC(=O)CCc1cc2cc(OC)c(OC)cc2[nH]c1=O. The molecule has 3 aromatic rings. The van der Waals surface area contributed by atoms with Gasteiger partial charge in [-0.3, -0.25) is 9.59 Å². The number of amides is 1. The third kappa shape index (κ3) is 4.51. The van der Waals surface area contributed by atoms with Gasteiger partial charge in [-0.1, -0.05) is 6.07 Å². The summed E-state index contributed by atoms with van der Waals surface area (Å²) in [5.41, 5.74) is 2.56. The second-order valence-electron chi connectivity index (χ2n) is 6.67. The molecule has 0 unspecified atom stereocenters. The van der Waals surface area contributed by atoms with Crippen molar-refractivity contribution < 1.29 is 19.0 Å². The Kier molecular flexibility index (Phi) is 6.07. The smallest absolute Gasteiger partial charge is 0.251 e. The van der Waals surface area contributed by atoms with Crippen LogP contribution in [0, 0.1) is 6.92 Å². The highest BCUT2D eigenvalue weighted by atomic mass is 16.5. The number of methoxy groups -OCH3 is 3. The predicted octanol–water partition coefficient (Wildman–Crippen LogP) is 3.43. The van der Waals surface area contributed by atoms with Crippen LogP contribution >= 0.6 is 0 Å². The average Bonchev–Trinajstić information content (AvgIpc) is 2.71. The molecule has 1 amide bonds. The zero-order valence-electron chi connectivity index (χ0n) is 16.9. The van der Waals surface area contributed by atoms with Crippen LogP contribution in [-0.4, -0.2) is 32.2 Å². The molecule has 0 spiro atoms. The Morgan fingerprint density at radius 2 is 1.66 bits per heavy atom. The molecule has 152 valence electrons. The number of carbonyl (C=O) groups is 1. The van der Waals surface area contributed by atoms with Gasteiger partial charge in [0.15, 0.2) is 11.5 Å². The molecule has 2 N–H and O–H groups in total. The second kappa shape index (κ2) is 8.68. The number of hydrogen-bond acceptors (Lipinski definition) is 5. The Labute approximate surface area is 168 Å². The van der Waals surface area contributed by atoms with Crippen molar-refractivity contribution in [2.45, 2.75) is 19.8 Å². The molecule has 29 heavy (non-hydrogen) atoms. The largest absolute Gasteiger partial charge is 0.495 e. The second-order valence-corrected chi connectivity index (χ2v) is 6.67. The highest BCUT2D eigenvalue weighted by molar-refractivity contribution is 5.92.